The molecule has 2 aromatic rings. The number of hydrogen-bond donors (Lipinski definition) is 3. The van der Waals surface area contributed by atoms with Crippen LogP contribution < -0.4 is 16.4 Å². The van der Waals surface area contributed by atoms with Crippen molar-refractivity contribution in [3.05, 3.63) is 71.3 Å². The first-order chi connectivity index (χ1) is 11.7. The monoisotopic (exact) mass is 452 g/mol. The van der Waals surface area contributed by atoms with E-state index in [1.54, 1.807) is 12.1 Å². The van der Waals surface area contributed by atoms with E-state index < -0.39 is 0 Å². The van der Waals surface area contributed by atoms with Crippen molar-refractivity contribution in [2.45, 2.75) is 19.9 Å². The third-order valence-corrected chi connectivity index (χ3v) is 3.55. The number of nitrogens with two attached hydrogens (primary N) is 1. The number of halogens is 1. The van der Waals surface area contributed by atoms with Gasteiger partial charge in [-0.2, -0.15) is 0 Å². The summed E-state index contributed by atoms with van der Waals surface area (Å²) in [4.78, 5) is 16.0. The SMILES string of the molecule is CCNC(=O)c1ccc(CN=C(N)NCCc2ccccc2)cc1.I. The molecule has 1 amide bonds. The van der Waals surface area contributed by atoms with Crippen LogP contribution in [-0.2, 0) is 13.0 Å². The van der Waals surface area contributed by atoms with E-state index in [2.05, 4.69) is 27.8 Å². The Morgan fingerprint density at radius 1 is 1.00 bits per heavy atom. The van der Waals surface area contributed by atoms with Crippen LogP contribution in [0.4, 0.5) is 0 Å². The number of rotatable bonds is 7. The molecule has 0 fully saturated rings. The van der Waals surface area contributed by atoms with Gasteiger partial charge in [0.15, 0.2) is 5.96 Å². The van der Waals surface area contributed by atoms with Gasteiger partial charge in [-0.3, -0.25) is 4.79 Å². The first-order valence-corrected chi connectivity index (χ1v) is 8.14. The van der Waals surface area contributed by atoms with Gasteiger partial charge in [0.05, 0.1) is 6.54 Å². The summed E-state index contributed by atoms with van der Waals surface area (Å²) in [5.41, 5.74) is 8.80. The molecule has 134 valence electrons. The molecule has 0 aromatic heterocycles. The van der Waals surface area contributed by atoms with Gasteiger partial charge in [-0.15, -0.1) is 24.0 Å². The second-order valence-electron chi connectivity index (χ2n) is 5.42. The van der Waals surface area contributed by atoms with Crippen LogP contribution in [0.25, 0.3) is 0 Å². The van der Waals surface area contributed by atoms with E-state index >= 15 is 0 Å². The van der Waals surface area contributed by atoms with Gasteiger partial charge in [0.1, 0.15) is 0 Å². The number of amides is 1. The van der Waals surface area contributed by atoms with Crippen molar-refractivity contribution in [2.75, 3.05) is 13.1 Å². The molecule has 0 spiro atoms. The van der Waals surface area contributed by atoms with Gasteiger partial charge >= 0.3 is 0 Å². The predicted molar refractivity (Wildman–Crippen MR) is 113 cm³/mol. The normalized spacial score (nSPS) is 10.7. The molecule has 6 heteroatoms. The Labute approximate surface area is 166 Å². The first-order valence-electron chi connectivity index (χ1n) is 8.14. The minimum absolute atomic E-state index is 0. The Morgan fingerprint density at radius 2 is 1.68 bits per heavy atom. The van der Waals surface area contributed by atoms with Crippen LogP contribution >= 0.6 is 24.0 Å². The third kappa shape index (κ3) is 7.55. The molecule has 5 nitrogen and oxygen atoms in total. The smallest absolute Gasteiger partial charge is 0.251 e. The molecule has 0 atom stereocenters. The molecule has 4 N–H and O–H groups in total. The summed E-state index contributed by atoms with van der Waals surface area (Å²) in [7, 11) is 0. The molecule has 0 aliphatic heterocycles. The number of hydrogen-bond acceptors (Lipinski definition) is 2. The molecule has 0 heterocycles. The Balaban J connectivity index is 0.00000312. The van der Waals surface area contributed by atoms with Crippen LogP contribution in [0.15, 0.2) is 59.6 Å². The zero-order chi connectivity index (χ0) is 17.2. The summed E-state index contributed by atoms with van der Waals surface area (Å²) < 4.78 is 0. The Morgan fingerprint density at radius 3 is 2.32 bits per heavy atom. The summed E-state index contributed by atoms with van der Waals surface area (Å²) in [6, 6.07) is 17.6. The van der Waals surface area contributed by atoms with Crippen molar-refractivity contribution in [1.29, 1.82) is 0 Å². The van der Waals surface area contributed by atoms with Crippen molar-refractivity contribution < 1.29 is 4.79 Å². The fourth-order valence-corrected chi connectivity index (χ4v) is 2.24. The van der Waals surface area contributed by atoms with Crippen LogP contribution in [0.2, 0.25) is 0 Å². The van der Waals surface area contributed by atoms with E-state index in [9.17, 15) is 4.79 Å². The molecule has 0 aliphatic rings. The number of carbonyl (C=O) groups excluding carboxylic acids is 1. The minimum atomic E-state index is -0.0605. The number of nitrogens with zero attached hydrogens (tertiary/aromatic N) is 1. The van der Waals surface area contributed by atoms with E-state index in [0.717, 1.165) is 18.5 Å². The molecule has 2 rings (SSSR count). The molecule has 0 aliphatic carbocycles. The fourth-order valence-electron chi connectivity index (χ4n) is 2.24. The standard InChI is InChI=1S/C19H24N4O.HI/c1-2-21-18(24)17-10-8-16(9-11-17)14-23-19(20)22-13-12-15-6-4-3-5-7-15;/h3-11H,2,12-14H2,1H3,(H,21,24)(H3,20,22,23);1H. The number of nitrogens with one attached hydrogen (secondary N) is 2. The lowest BCUT2D eigenvalue weighted by atomic mass is 10.1. The quantitative estimate of drug-likeness (QED) is 0.344. The number of benzene rings is 2. The zero-order valence-electron chi connectivity index (χ0n) is 14.4. The maximum atomic E-state index is 11.7. The molecule has 25 heavy (non-hydrogen) atoms. The Kier molecular flexibility index (Phi) is 9.61. The number of guanidine groups is 1. The van der Waals surface area contributed by atoms with Crippen molar-refractivity contribution >= 4 is 35.8 Å². The highest BCUT2D eigenvalue weighted by atomic mass is 127. The van der Waals surface area contributed by atoms with Crippen LogP contribution in [0.3, 0.4) is 0 Å². The molecule has 2 aromatic carbocycles. The topological polar surface area (TPSA) is 79.5 Å². The highest BCUT2D eigenvalue weighted by Crippen LogP contribution is 2.05. The lowest BCUT2D eigenvalue weighted by Crippen LogP contribution is -2.33. The van der Waals surface area contributed by atoms with E-state index in [4.69, 9.17) is 5.73 Å². The zero-order valence-corrected chi connectivity index (χ0v) is 16.7. The van der Waals surface area contributed by atoms with Crippen LogP contribution in [0, 0.1) is 0 Å². The van der Waals surface area contributed by atoms with Crippen LogP contribution in [-0.4, -0.2) is 25.0 Å². The van der Waals surface area contributed by atoms with Crippen molar-refractivity contribution in [2.24, 2.45) is 10.7 Å². The van der Waals surface area contributed by atoms with Gasteiger partial charge in [-0.05, 0) is 36.6 Å². The van der Waals surface area contributed by atoms with Gasteiger partial charge in [-0.1, -0.05) is 42.5 Å². The third-order valence-electron chi connectivity index (χ3n) is 3.55. The van der Waals surface area contributed by atoms with Crippen molar-refractivity contribution in [3.8, 4) is 0 Å². The molecule has 0 unspecified atom stereocenters. The second-order valence-corrected chi connectivity index (χ2v) is 5.42. The average molecular weight is 452 g/mol. The molecule has 0 saturated carbocycles. The maximum absolute atomic E-state index is 11.7. The van der Waals surface area contributed by atoms with Crippen molar-refractivity contribution in [3.63, 3.8) is 0 Å². The Bertz CT molecular complexity index is 672. The lowest BCUT2D eigenvalue weighted by Gasteiger charge is -2.06. The predicted octanol–water partition coefficient (Wildman–Crippen LogP) is 2.70. The molecule has 0 radical (unpaired) electrons. The van der Waals surface area contributed by atoms with Crippen LogP contribution in [0.5, 0.6) is 0 Å². The number of aliphatic imine (C=N–C) groups is 1. The van der Waals surface area contributed by atoms with E-state index in [1.807, 2.05) is 37.3 Å². The fraction of sp³-hybridized carbons (Fsp3) is 0.263. The largest absolute Gasteiger partial charge is 0.370 e. The number of carbonyl (C=O) groups is 1. The van der Waals surface area contributed by atoms with Gasteiger partial charge in [0.2, 0.25) is 0 Å². The minimum Gasteiger partial charge on any atom is -0.370 e. The summed E-state index contributed by atoms with van der Waals surface area (Å²) in [6.45, 7) is 3.75. The van der Waals surface area contributed by atoms with Gasteiger partial charge in [0, 0.05) is 18.7 Å². The van der Waals surface area contributed by atoms with Crippen molar-refractivity contribution in [1.82, 2.24) is 10.6 Å². The van der Waals surface area contributed by atoms with E-state index in [-0.39, 0.29) is 29.9 Å². The second kappa shape index (κ2) is 11.5. The summed E-state index contributed by atoms with van der Waals surface area (Å²) >= 11 is 0. The van der Waals surface area contributed by atoms with Gasteiger partial charge < -0.3 is 16.4 Å². The summed E-state index contributed by atoms with van der Waals surface area (Å²) in [5.74, 6) is 0.369. The summed E-state index contributed by atoms with van der Waals surface area (Å²) in [6.07, 6.45) is 0.901. The molecule has 0 saturated heterocycles. The average Bonchev–Trinajstić information content (AvgIpc) is 2.61. The molecular weight excluding hydrogens is 427 g/mol. The first kappa shape index (κ1) is 21.0. The van der Waals surface area contributed by atoms with Gasteiger partial charge in [-0.25, -0.2) is 4.99 Å². The highest BCUT2D eigenvalue weighted by molar-refractivity contribution is 14.0. The lowest BCUT2D eigenvalue weighted by molar-refractivity contribution is 0.0956. The maximum Gasteiger partial charge on any atom is 0.251 e. The molecule has 0 bridgehead atoms. The highest BCUT2D eigenvalue weighted by Gasteiger charge is 2.03. The molecular formula is C19H25IN4O. The van der Waals surface area contributed by atoms with E-state index in [0.29, 0.717) is 24.6 Å². The van der Waals surface area contributed by atoms with Crippen LogP contribution in [0.1, 0.15) is 28.4 Å². The summed E-state index contributed by atoms with van der Waals surface area (Å²) in [5, 5.41) is 5.88. The Hall–Kier alpha value is -2.09. The van der Waals surface area contributed by atoms with E-state index in [1.165, 1.54) is 5.56 Å². The van der Waals surface area contributed by atoms with Gasteiger partial charge in [0.25, 0.3) is 5.91 Å².